The van der Waals surface area contributed by atoms with Crippen molar-refractivity contribution < 1.29 is 24.2 Å². The van der Waals surface area contributed by atoms with Gasteiger partial charge in [-0.05, 0) is 69.4 Å². The number of aliphatic hydroxyl groups is 1. The van der Waals surface area contributed by atoms with Crippen molar-refractivity contribution in [2.75, 3.05) is 0 Å². The van der Waals surface area contributed by atoms with E-state index in [1.807, 2.05) is 39.2 Å². The van der Waals surface area contributed by atoms with Crippen LogP contribution in [-0.2, 0) is 19.1 Å². The molecule has 2 saturated heterocycles. The van der Waals surface area contributed by atoms with Crippen LogP contribution in [0.4, 0.5) is 0 Å². The zero-order valence-corrected chi connectivity index (χ0v) is 23.0. The van der Waals surface area contributed by atoms with Gasteiger partial charge in [0.1, 0.15) is 11.9 Å². The summed E-state index contributed by atoms with van der Waals surface area (Å²) >= 11 is 1.58. The molecular formula is C28H41NO5S. The lowest BCUT2D eigenvalue weighted by Crippen LogP contribution is -2.55. The zero-order valence-electron chi connectivity index (χ0n) is 22.2. The van der Waals surface area contributed by atoms with Crippen LogP contribution < -0.4 is 0 Å². The second-order valence-corrected chi connectivity index (χ2v) is 13.1. The minimum absolute atomic E-state index is 0.0241. The molecule has 7 heteroatoms. The maximum absolute atomic E-state index is 13.4. The van der Waals surface area contributed by atoms with Crippen molar-refractivity contribution in [1.29, 1.82) is 0 Å². The molecule has 1 unspecified atom stereocenters. The van der Waals surface area contributed by atoms with E-state index in [1.165, 1.54) is 0 Å². The number of aromatic nitrogens is 1. The van der Waals surface area contributed by atoms with E-state index >= 15 is 0 Å². The number of Topliss-reactive ketones (excluding diaryl/α,β-unsaturated/α-hetero) is 1. The zero-order chi connectivity index (χ0) is 25.8. The Morgan fingerprint density at radius 2 is 1.94 bits per heavy atom. The molecule has 0 spiro atoms. The van der Waals surface area contributed by atoms with Crippen molar-refractivity contribution >= 4 is 29.2 Å². The van der Waals surface area contributed by atoms with Gasteiger partial charge in [-0.1, -0.05) is 27.7 Å². The van der Waals surface area contributed by atoms with Gasteiger partial charge >= 0.3 is 5.97 Å². The predicted molar refractivity (Wildman–Crippen MR) is 137 cm³/mol. The number of nitrogens with zero attached hydrogens (tertiary/aromatic N) is 1. The summed E-state index contributed by atoms with van der Waals surface area (Å²) < 4.78 is 12.1. The van der Waals surface area contributed by atoms with Gasteiger partial charge < -0.3 is 14.6 Å². The molecule has 35 heavy (non-hydrogen) atoms. The van der Waals surface area contributed by atoms with Crippen molar-refractivity contribution in [2.45, 2.75) is 111 Å². The van der Waals surface area contributed by atoms with Gasteiger partial charge in [0.15, 0.2) is 0 Å². The fourth-order valence-electron chi connectivity index (χ4n) is 6.57. The number of hydrogen-bond acceptors (Lipinski definition) is 7. The first-order chi connectivity index (χ1) is 16.3. The highest BCUT2D eigenvalue weighted by atomic mass is 32.1. The Balaban J connectivity index is 1.62. The summed E-state index contributed by atoms with van der Waals surface area (Å²) in [7, 11) is 0. The van der Waals surface area contributed by atoms with Crippen LogP contribution in [0.25, 0.3) is 6.08 Å². The first-order valence-corrected chi connectivity index (χ1v) is 13.9. The maximum Gasteiger partial charge on any atom is 0.309 e. The predicted octanol–water partition coefficient (Wildman–Crippen LogP) is 5.51. The Kier molecular flexibility index (Phi) is 7.10. The standard InChI is InChI=1S/C28H41NO5S/c1-16(11-20-14-35-19(4)29-20)21-12-23-28(7,34-23)10-8-9-26(5)15-27(6,22(30)13-24(31)33-21)25(32)17(2)18(26)3/h11,14,17-18,21-23,30H,8-10,12-13,15H2,1-7H3/b16-11+/t17-,18-,21?,22+,23+,26+,27+,28-/m1/s1. The van der Waals surface area contributed by atoms with Crippen LogP contribution in [0.3, 0.4) is 0 Å². The molecule has 1 aromatic rings. The number of aryl methyl sites for hydroxylation is 1. The van der Waals surface area contributed by atoms with E-state index in [2.05, 4.69) is 25.8 Å². The lowest BCUT2D eigenvalue weighted by atomic mass is 9.52. The molecule has 0 amide bonds. The number of cyclic esters (lactones) is 1. The van der Waals surface area contributed by atoms with Gasteiger partial charge in [-0.25, -0.2) is 4.98 Å². The number of thiazole rings is 1. The second kappa shape index (κ2) is 9.38. The van der Waals surface area contributed by atoms with Crippen LogP contribution in [0.2, 0.25) is 0 Å². The van der Waals surface area contributed by atoms with Gasteiger partial charge in [-0.3, -0.25) is 9.59 Å². The minimum atomic E-state index is -1.08. The lowest BCUT2D eigenvalue weighted by molar-refractivity contribution is -0.162. The molecule has 3 heterocycles. The number of fused-ring (bicyclic) bond motifs is 3. The van der Waals surface area contributed by atoms with E-state index in [1.54, 1.807) is 11.3 Å². The minimum Gasteiger partial charge on any atom is -0.458 e. The number of carbonyl (C=O) groups is 2. The number of ether oxygens (including phenoxy) is 2. The van der Waals surface area contributed by atoms with Crippen molar-refractivity contribution in [1.82, 2.24) is 4.98 Å². The van der Waals surface area contributed by atoms with E-state index in [0.29, 0.717) is 12.8 Å². The first kappa shape index (κ1) is 26.5. The molecule has 2 bridgehead atoms. The lowest BCUT2D eigenvalue weighted by Gasteiger charge is -2.52. The monoisotopic (exact) mass is 503 g/mol. The normalized spacial score (nSPS) is 43.2. The third-order valence-electron chi connectivity index (χ3n) is 9.37. The van der Waals surface area contributed by atoms with Crippen LogP contribution >= 0.6 is 11.3 Å². The van der Waals surface area contributed by atoms with Gasteiger partial charge in [-0.15, -0.1) is 11.3 Å². The Morgan fingerprint density at radius 3 is 2.60 bits per heavy atom. The van der Waals surface area contributed by atoms with Crippen molar-refractivity contribution in [3.63, 3.8) is 0 Å². The molecule has 3 fully saturated rings. The number of esters is 1. The summed E-state index contributed by atoms with van der Waals surface area (Å²) in [5.41, 5.74) is 0.474. The van der Waals surface area contributed by atoms with Crippen LogP contribution in [-0.4, -0.2) is 45.8 Å². The Labute approximate surface area is 213 Å². The molecule has 0 radical (unpaired) electrons. The van der Waals surface area contributed by atoms with Gasteiger partial charge in [0.2, 0.25) is 0 Å². The molecule has 4 rings (SSSR count). The quantitative estimate of drug-likeness (QED) is 0.423. The molecule has 1 N–H and O–H groups in total. The summed E-state index contributed by atoms with van der Waals surface area (Å²) in [4.78, 5) is 31.0. The van der Waals surface area contributed by atoms with Crippen molar-refractivity contribution in [3.8, 4) is 0 Å². The van der Waals surface area contributed by atoms with Crippen LogP contribution in [0.5, 0.6) is 0 Å². The molecule has 1 aromatic heterocycles. The van der Waals surface area contributed by atoms with Gasteiger partial charge in [0.05, 0.1) is 40.3 Å². The smallest absolute Gasteiger partial charge is 0.309 e. The summed E-state index contributed by atoms with van der Waals surface area (Å²) in [5.74, 6) is -0.382. The second-order valence-electron chi connectivity index (χ2n) is 12.1. The molecule has 1 saturated carbocycles. The van der Waals surface area contributed by atoms with Crippen LogP contribution in [0.15, 0.2) is 11.0 Å². The third kappa shape index (κ3) is 5.14. The summed E-state index contributed by atoms with van der Waals surface area (Å²) in [5, 5.41) is 14.2. The van der Waals surface area contributed by atoms with E-state index in [9.17, 15) is 14.7 Å². The summed E-state index contributed by atoms with van der Waals surface area (Å²) in [6.07, 6.45) is 4.29. The molecule has 6 nitrogen and oxygen atoms in total. The molecular weight excluding hydrogens is 462 g/mol. The van der Waals surface area contributed by atoms with E-state index in [-0.39, 0.29) is 41.2 Å². The summed E-state index contributed by atoms with van der Waals surface area (Å²) in [6, 6.07) is 0. The number of carbonyl (C=O) groups excluding carboxylic acids is 2. The van der Waals surface area contributed by atoms with Gasteiger partial charge in [-0.2, -0.15) is 0 Å². The van der Waals surface area contributed by atoms with Crippen molar-refractivity contribution in [2.24, 2.45) is 22.7 Å². The Bertz CT molecular complexity index is 1020. The molecule has 8 atom stereocenters. The highest BCUT2D eigenvalue weighted by Gasteiger charge is 2.57. The first-order valence-electron chi connectivity index (χ1n) is 13.0. The maximum atomic E-state index is 13.4. The average Bonchev–Trinajstić information content (AvgIpc) is 3.21. The summed E-state index contributed by atoms with van der Waals surface area (Å²) in [6.45, 7) is 14.3. The molecule has 3 aliphatic rings. The Morgan fingerprint density at radius 1 is 1.23 bits per heavy atom. The van der Waals surface area contributed by atoms with E-state index in [4.69, 9.17) is 9.47 Å². The van der Waals surface area contributed by atoms with E-state index in [0.717, 1.165) is 35.5 Å². The number of aliphatic hydroxyl groups excluding tert-OH is 1. The van der Waals surface area contributed by atoms with Crippen molar-refractivity contribution in [3.05, 3.63) is 21.7 Å². The van der Waals surface area contributed by atoms with Crippen LogP contribution in [0.1, 0.15) is 90.8 Å². The van der Waals surface area contributed by atoms with Gasteiger partial charge in [0.25, 0.3) is 0 Å². The fraction of sp³-hybridized carbons (Fsp3) is 0.750. The van der Waals surface area contributed by atoms with Crippen LogP contribution in [0, 0.1) is 29.6 Å². The molecule has 2 aliphatic heterocycles. The topological polar surface area (TPSA) is 89.0 Å². The third-order valence-corrected chi connectivity index (χ3v) is 10.2. The van der Waals surface area contributed by atoms with E-state index < -0.39 is 23.6 Å². The fourth-order valence-corrected chi connectivity index (χ4v) is 7.14. The largest absolute Gasteiger partial charge is 0.458 e. The number of epoxide rings is 1. The molecule has 194 valence electrons. The average molecular weight is 504 g/mol. The number of rotatable bonds is 2. The van der Waals surface area contributed by atoms with Gasteiger partial charge in [0, 0.05) is 17.7 Å². The number of hydrogen-bond donors (Lipinski definition) is 1. The highest BCUT2D eigenvalue weighted by molar-refractivity contribution is 7.09. The molecule has 0 aromatic carbocycles. The highest BCUT2D eigenvalue weighted by Crippen LogP contribution is 2.55. The molecule has 1 aliphatic carbocycles. The SMILES string of the molecule is C/C(=C\c1csc(C)n1)C1C[C@@H]2O[C@]2(C)CCC[C@@]2(C)C[C@](C)(C(=O)[C@H](C)[C@H]2C)[C@@H](O)CC(=O)O1. The Hall–Kier alpha value is -1.57. The number of ketones is 1.